The predicted molar refractivity (Wildman–Crippen MR) is 173 cm³/mol. The first-order valence-electron chi connectivity index (χ1n) is 15.6. The Morgan fingerprint density at radius 3 is 1.79 bits per heavy atom. The van der Waals surface area contributed by atoms with Crippen LogP contribution in [0, 0.1) is 11.8 Å². The van der Waals surface area contributed by atoms with Crippen LogP contribution in [0.5, 0.6) is 0 Å². The van der Waals surface area contributed by atoms with Crippen LogP contribution in [0.15, 0.2) is 84.1 Å². The molecule has 0 bridgehead atoms. The molecule has 0 fully saturated rings. The lowest BCUT2D eigenvalue weighted by atomic mass is 9.99. The molecule has 0 aromatic heterocycles. The Hall–Kier alpha value is -1.89. The van der Waals surface area contributed by atoms with Gasteiger partial charge in [-0.1, -0.05) is 120 Å². The van der Waals surface area contributed by atoms with E-state index in [0.29, 0.717) is 11.8 Å². The average Bonchev–Trinajstić information content (AvgIpc) is 3.50. The Kier molecular flexibility index (Phi) is 10.2. The number of fused-ring (bicyclic) bond motifs is 1. The third-order valence-electron chi connectivity index (χ3n) is 9.49. The van der Waals surface area contributed by atoms with Crippen molar-refractivity contribution >= 4 is 27.0 Å². The molecule has 2 atom stereocenters. The molecule has 2 nitrogen and oxygen atoms in total. The van der Waals surface area contributed by atoms with Crippen LogP contribution < -0.4 is 10.4 Å². The van der Waals surface area contributed by atoms with Gasteiger partial charge in [-0.3, -0.25) is 0 Å². The number of allylic oxidation sites excluding steroid dienone is 4. The third-order valence-corrected chi connectivity index (χ3v) is 19.1. The molecule has 0 saturated carbocycles. The predicted octanol–water partition coefficient (Wildman–Crippen LogP) is 9.00. The van der Waals surface area contributed by atoms with Gasteiger partial charge < -0.3 is 8.85 Å². The normalized spacial score (nSPS) is 19.5. The molecule has 0 saturated heterocycles. The van der Waals surface area contributed by atoms with Gasteiger partial charge >= 0.3 is 0 Å². The molecule has 0 heterocycles. The van der Waals surface area contributed by atoms with Crippen LogP contribution in [-0.4, -0.2) is 23.2 Å². The van der Waals surface area contributed by atoms with Gasteiger partial charge in [-0.15, -0.1) is 0 Å². The van der Waals surface area contributed by atoms with Crippen LogP contribution in [0.4, 0.5) is 0 Å². The summed E-state index contributed by atoms with van der Waals surface area (Å²) in [6.45, 7) is 14.9. The van der Waals surface area contributed by atoms with Gasteiger partial charge in [-0.2, -0.15) is 0 Å². The summed E-state index contributed by atoms with van der Waals surface area (Å²) >= 11 is 0. The van der Waals surface area contributed by atoms with Crippen molar-refractivity contribution in [1.82, 2.24) is 0 Å². The van der Waals surface area contributed by atoms with Gasteiger partial charge in [0, 0.05) is 13.0 Å². The van der Waals surface area contributed by atoms with Gasteiger partial charge in [0.2, 0.25) is 8.32 Å². The lowest BCUT2D eigenvalue weighted by molar-refractivity contribution is 0.287. The van der Waals surface area contributed by atoms with E-state index in [1.807, 2.05) is 0 Å². The molecule has 2 aliphatic carbocycles. The molecule has 2 aromatic rings. The van der Waals surface area contributed by atoms with Crippen molar-refractivity contribution in [3.05, 3.63) is 84.1 Å². The Morgan fingerprint density at radius 2 is 1.28 bits per heavy atom. The van der Waals surface area contributed by atoms with E-state index in [4.69, 9.17) is 8.85 Å². The monoisotopic (exact) mass is 560 g/mol. The van der Waals surface area contributed by atoms with E-state index in [9.17, 15) is 0 Å². The van der Waals surface area contributed by atoms with Gasteiger partial charge in [0.25, 0.3) is 8.32 Å². The highest BCUT2D eigenvalue weighted by Gasteiger charge is 2.50. The maximum Gasteiger partial charge on any atom is 0.261 e. The molecular formula is C35H52O2Si2. The van der Waals surface area contributed by atoms with Gasteiger partial charge in [0.1, 0.15) is 0 Å². The van der Waals surface area contributed by atoms with Crippen molar-refractivity contribution in [2.75, 3.05) is 6.61 Å². The molecule has 0 spiro atoms. The zero-order valence-corrected chi connectivity index (χ0v) is 27.5. The highest BCUT2D eigenvalue weighted by Crippen LogP contribution is 2.44. The lowest BCUT2D eigenvalue weighted by Gasteiger charge is -2.43. The van der Waals surface area contributed by atoms with Gasteiger partial charge in [0.05, 0.1) is 5.76 Å². The highest BCUT2D eigenvalue weighted by molar-refractivity contribution is 6.99. The summed E-state index contributed by atoms with van der Waals surface area (Å²) in [5, 5.41) is 2.80. The second-order valence-corrected chi connectivity index (χ2v) is 21.9. The number of rotatable bonds is 14. The van der Waals surface area contributed by atoms with Crippen molar-refractivity contribution in [1.29, 1.82) is 0 Å². The fourth-order valence-corrected chi connectivity index (χ4v) is 14.3. The number of hydrogen-bond donors (Lipinski definition) is 0. The van der Waals surface area contributed by atoms with Crippen LogP contribution in [0.2, 0.25) is 23.2 Å². The molecule has 0 N–H and O–H groups in total. The van der Waals surface area contributed by atoms with Gasteiger partial charge in [-0.25, -0.2) is 0 Å². The number of hydrogen-bond acceptors (Lipinski definition) is 2. The molecule has 4 rings (SSSR count). The zero-order chi connectivity index (χ0) is 27.9. The molecule has 4 heteroatoms. The van der Waals surface area contributed by atoms with Crippen LogP contribution in [-0.2, 0) is 8.85 Å². The number of benzene rings is 2. The van der Waals surface area contributed by atoms with Gasteiger partial charge in [-0.05, 0) is 77.1 Å². The molecule has 0 radical (unpaired) electrons. The largest absolute Gasteiger partial charge is 0.547 e. The quantitative estimate of drug-likeness (QED) is 0.130. The van der Waals surface area contributed by atoms with Crippen molar-refractivity contribution in [3.8, 4) is 0 Å². The number of unbranched alkanes of at least 4 members (excludes halogenated alkanes) is 2. The molecule has 39 heavy (non-hydrogen) atoms. The second-order valence-electron chi connectivity index (χ2n) is 12.9. The van der Waals surface area contributed by atoms with Gasteiger partial charge in [0.15, 0.2) is 0 Å². The molecule has 2 aromatic carbocycles. The van der Waals surface area contributed by atoms with Crippen molar-refractivity contribution in [3.63, 3.8) is 0 Å². The Morgan fingerprint density at radius 1 is 0.718 bits per heavy atom. The summed E-state index contributed by atoms with van der Waals surface area (Å²) in [5.41, 5.74) is 1.68. The van der Waals surface area contributed by atoms with Crippen molar-refractivity contribution < 1.29 is 8.85 Å². The maximum absolute atomic E-state index is 7.08. The minimum absolute atomic E-state index is 0.0474. The first kappa shape index (κ1) is 30.1. The summed E-state index contributed by atoms with van der Waals surface area (Å²) in [6.07, 6.45) is 12.3. The van der Waals surface area contributed by atoms with E-state index < -0.39 is 16.6 Å². The summed E-state index contributed by atoms with van der Waals surface area (Å²) < 4.78 is 13.8. The first-order valence-corrected chi connectivity index (χ1v) is 20.0. The minimum Gasteiger partial charge on any atom is -0.547 e. The molecule has 0 unspecified atom stereocenters. The SMILES string of the molecule is CC[Si](CC)(CC)OC1=C[C@@H]2CC(CCCCCO[Si](c3ccccc3)(c3ccccc3)C(C)(C)C)=C[C@@H]2C1. The van der Waals surface area contributed by atoms with Crippen molar-refractivity contribution in [2.24, 2.45) is 11.8 Å². The lowest BCUT2D eigenvalue weighted by Crippen LogP contribution is -2.66. The van der Waals surface area contributed by atoms with E-state index in [0.717, 1.165) is 19.4 Å². The Balaban J connectivity index is 1.28. The van der Waals surface area contributed by atoms with Crippen molar-refractivity contribution in [2.45, 2.75) is 103 Å². The average molecular weight is 561 g/mol. The molecule has 212 valence electrons. The maximum atomic E-state index is 7.08. The summed E-state index contributed by atoms with van der Waals surface area (Å²) in [5.74, 6) is 2.69. The molecular weight excluding hydrogens is 509 g/mol. The molecule has 0 amide bonds. The van der Waals surface area contributed by atoms with E-state index in [2.05, 4.69) is 114 Å². The smallest absolute Gasteiger partial charge is 0.261 e. The van der Waals surface area contributed by atoms with E-state index >= 15 is 0 Å². The topological polar surface area (TPSA) is 18.5 Å². The van der Waals surface area contributed by atoms with Crippen LogP contribution in [0.25, 0.3) is 0 Å². The highest BCUT2D eigenvalue weighted by atomic mass is 28.4. The fraction of sp³-hybridized carbons (Fsp3) is 0.543. The Bertz CT molecular complexity index is 1050. The third kappa shape index (κ3) is 6.71. The molecule has 2 aliphatic rings. The summed E-state index contributed by atoms with van der Waals surface area (Å²) in [4.78, 5) is 0. The summed E-state index contributed by atoms with van der Waals surface area (Å²) in [6, 6.07) is 25.7. The van der Waals surface area contributed by atoms with E-state index in [-0.39, 0.29) is 5.04 Å². The minimum atomic E-state index is -2.41. The molecule has 0 aliphatic heterocycles. The van der Waals surface area contributed by atoms with E-state index in [1.165, 1.54) is 59.9 Å². The zero-order valence-electron chi connectivity index (χ0n) is 25.5. The fourth-order valence-electron chi connectivity index (χ4n) is 7.00. The first-order chi connectivity index (χ1) is 18.8. The summed E-state index contributed by atoms with van der Waals surface area (Å²) in [7, 11) is -3.96. The standard InChI is InChI=1S/C35H52O2Si2/c1-7-38(8-2,9-3)37-32-27-30-25-29(26-31(30)28-32)19-13-12-18-24-36-39(35(4,5)6,33-20-14-10-15-21-33)34-22-16-11-17-23-34/h10-11,14-17,20-23,25,28,30-31H,7-9,12-13,18-19,24,26-27H2,1-6H3/t30-,31+/m1/s1. The van der Waals surface area contributed by atoms with Crippen LogP contribution >= 0.6 is 0 Å². The van der Waals surface area contributed by atoms with Crippen LogP contribution in [0.3, 0.4) is 0 Å². The Labute approximate surface area is 241 Å². The second kappa shape index (κ2) is 13.2. The van der Waals surface area contributed by atoms with E-state index in [1.54, 1.807) is 5.57 Å². The van der Waals surface area contributed by atoms with Crippen LogP contribution in [0.1, 0.15) is 80.1 Å².